The number of rotatable bonds is 4. The Balaban J connectivity index is 2.08. The van der Waals surface area contributed by atoms with Crippen LogP contribution in [0.5, 0.6) is 0 Å². The minimum Gasteiger partial charge on any atom is -0.481 e. The van der Waals surface area contributed by atoms with Gasteiger partial charge in [-0.1, -0.05) is 12.5 Å². The highest BCUT2D eigenvalue weighted by atomic mass is 16.4. The molecule has 5 nitrogen and oxygen atoms in total. The summed E-state index contributed by atoms with van der Waals surface area (Å²) in [6, 6.07) is 7.04. The number of carboxylic acid groups (broad SMARTS) is 1. The van der Waals surface area contributed by atoms with Gasteiger partial charge in [-0.2, -0.15) is 0 Å². The number of carbonyl (C=O) groups excluding carboxylic acids is 1. The van der Waals surface area contributed by atoms with Gasteiger partial charge in [-0.3, -0.25) is 9.59 Å². The monoisotopic (exact) mass is 276 g/mol. The fourth-order valence-corrected chi connectivity index (χ4v) is 2.61. The molecule has 0 aromatic heterocycles. The normalized spacial score (nSPS) is 21.5. The van der Waals surface area contributed by atoms with Crippen LogP contribution in [0, 0.1) is 5.92 Å². The number of benzene rings is 1. The van der Waals surface area contributed by atoms with Crippen molar-refractivity contribution in [3.63, 3.8) is 0 Å². The number of amides is 1. The standard InChI is InChI=1S/C15H20N2O3/c1-17(2)11-6-3-5-10(9-11)14(18)16-13-8-4-7-12(13)15(19)20/h3,5-6,9,12-13H,4,7-8H2,1-2H3,(H,16,18)(H,19,20). The van der Waals surface area contributed by atoms with Gasteiger partial charge in [0, 0.05) is 31.4 Å². The van der Waals surface area contributed by atoms with Crippen molar-refractivity contribution < 1.29 is 14.7 Å². The van der Waals surface area contributed by atoms with E-state index < -0.39 is 11.9 Å². The first kappa shape index (κ1) is 14.4. The first-order valence-corrected chi connectivity index (χ1v) is 6.80. The summed E-state index contributed by atoms with van der Waals surface area (Å²) >= 11 is 0. The van der Waals surface area contributed by atoms with E-state index in [0.717, 1.165) is 18.5 Å². The minimum absolute atomic E-state index is 0.202. The molecule has 0 bridgehead atoms. The number of aliphatic carboxylic acids is 1. The van der Waals surface area contributed by atoms with Gasteiger partial charge in [0.15, 0.2) is 0 Å². The number of hydrogen-bond donors (Lipinski definition) is 2. The highest BCUT2D eigenvalue weighted by Gasteiger charge is 2.33. The lowest BCUT2D eigenvalue weighted by Crippen LogP contribution is -2.40. The zero-order valence-electron chi connectivity index (χ0n) is 11.8. The van der Waals surface area contributed by atoms with Crippen LogP contribution in [0.3, 0.4) is 0 Å². The van der Waals surface area contributed by atoms with E-state index in [1.54, 1.807) is 12.1 Å². The molecule has 0 spiro atoms. The first-order chi connectivity index (χ1) is 9.49. The zero-order valence-corrected chi connectivity index (χ0v) is 11.8. The van der Waals surface area contributed by atoms with Gasteiger partial charge in [0.05, 0.1) is 5.92 Å². The molecule has 0 radical (unpaired) electrons. The predicted octanol–water partition coefficient (Wildman–Crippen LogP) is 1.74. The second kappa shape index (κ2) is 5.94. The molecule has 0 heterocycles. The summed E-state index contributed by atoms with van der Waals surface area (Å²) in [4.78, 5) is 25.3. The average molecular weight is 276 g/mol. The van der Waals surface area contributed by atoms with E-state index in [-0.39, 0.29) is 11.9 Å². The molecule has 108 valence electrons. The third kappa shape index (κ3) is 3.10. The predicted molar refractivity (Wildman–Crippen MR) is 77.0 cm³/mol. The van der Waals surface area contributed by atoms with Crippen LogP contribution in [0.2, 0.25) is 0 Å². The molecule has 2 N–H and O–H groups in total. The second-order valence-electron chi connectivity index (χ2n) is 5.40. The molecular weight excluding hydrogens is 256 g/mol. The Hall–Kier alpha value is -2.04. The van der Waals surface area contributed by atoms with Gasteiger partial charge in [0.1, 0.15) is 0 Å². The number of nitrogens with one attached hydrogen (secondary N) is 1. The van der Waals surface area contributed by atoms with Gasteiger partial charge in [-0.15, -0.1) is 0 Å². The third-order valence-corrected chi connectivity index (χ3v) is 3.77. The summed E-state index contributed by atoms with van der Waals surface area (Å²) in [6.45, 7) is 0. The van der Waals surface area contributed by atoms with E-state index in [0.29, 0.717) is 12.0 Å². The molecule has 1 aliphatic rings. The van der Waals surface area contributed by atoms with Gasteiger partial charge in [0.25, 0.3) is 5.91 Å². The van der Waals surface area contributed by atoms with Crippen molar-refractivity contribution in [3.05, 3.63) is 29.8 Å². The van der Waals surface area contributed by atoms with Gasteiger partial charge in [-0.05, 0) is 31.0 Å². The van der Waals surface area contributed by atoms with Crippen LogP contribution in [0.1, 0.15) is 29.6 Å². The number of nitrogens with zero attached hydrogens (tertiary/aromatic N) is 1. The first-order valence-electron chi connectivity index (χ1n) is 6.80. The summed E-state index contributed by atoms with van der Waals surface area (Å²) in [5, 5.41) is 12.0. The Morgan fingerprint density at radius 1 is 1.30 bits per heavy atom. The third-order valence-electron chi connectivity index (χ3n) is 3.77. The average Bonchev–Trinajstić information content (AvgIpc) is 2.87. The van der Waals surface area contributed by atoms with Crippen molar-refractivity contribution >= 4 is 17.6 Å². The van der Waals surface area contributed by atoms with Crippen molar-refractivity contribution in [3.8, 4) is 0 Å². The molecule has 0 saturated heterocycles. The van der Waals surface area contributed by atoms with Crippen LogP contribution in [0.25, 0.3) is 0 Å². The van der Waals surface area contributed by atoms with Crippen LogP contribution in [-0.4, -0.2) is 37.1 Å². The van der Waals surface area contributed by atoms with Gasteiger partial charge < -0.3 is 15.3 Å². The quantitative estimate of drug-likeness (QED) is 0.878. The molecule has 1 fully saturated rings. The lowest BCUT2D eigenvalue weighted by atomic mass is 10.0. The highest BCUT2D eigenvalue weighted by Crippen LogP contribution is 2.26. The molecule has 20 heavy (non-hydrogen) atoms. The maximum absolute atomic E-state index is 12.2. The second-order valence-corrected chi connectivity index (χ2v) is 5.40. The van der Waals surface area contributed by atoms with E-state index in [4.69, 9.17) is 5.11 Å². The summed E-state index contributed by atoms with van der Waals surface area (Å²) < 4.78 is 0. The van der Waals surface area contributed by atoms with E-state index >= 15 is 0 Å². The summed E-state index contributed by atoms with van der Waals surface area (Å²) in [6.07, 6.45) is 2.22. The van der Waals surface area contributed by atoms with E-state index in [2.05, 4.69) is 5.32 Å². The van der Waals surface area contributed by atoms with Crippen LogP contribution in [0.4, 0.5) is 5.69 Å². The molecule has 1 amide bonds. The fraction of sp³-hybridized carbons (Fsp3) is 0.467. The van der Waals surface area contributed by atoms with Gasteiger partial charge in [-0.25, -0.2) is 0 Å². The molecule has 1 saturated carbocycles. The van der Waals surface area contributed by atoms with Crippen molar-refractivity contribution in [1.82, 2.24) is 5.32 Å². The Kier molecular flexibility index (Phi) is 4.27. The number of carboxylic acids is 1. The molecule has 1 aromatic rings. The molecule has 0 aliphatic heterocycles. The summed E-state index contributed by atoms with van der Waals surface area (Å²) in [5.74, 6) is -1.49. The van der Waals surface area contributed by atoms with E-state index in [1.807, 2.05) is 31.1 Å². The Bertz CT molecular complexity index is 514. The molecule has 2 unspecified atom stereocenters. The smallest absolute Gasteiger partial charge is 0.308 e. The van der Waals surface area contributed by atoms with E-state index in [1.165, 1.54) is 0 Å². The fourth-order valence-electron chi connectivity index (χ4n) is 2.61. The summed E-state index contributed by atoms with van der Waals surface area (Å²) in [5.41, 5.74) is 1.51. The Morgan fingerprint density at radius 2 is 2.05 bits per heavy atom. The minimum atomic E-state index is -0.824. The van der Waals surface area contributed by atoms with Crippen molar-refractivity contribution in [2.24, 2.45) is 5.92 Å². The summed E-state index contributed by atoms with van der Waals surface area (Å²) in [7, 11) is 3.82. The van der Waals surface area contributed by atoms with Crippen molar-refractivity contribution in [1.29, 1.82) is 0 Å². The van der Waals surface area contributed by atoms with Crippen LogP contribution in [-0.2, 0) is 4.79 Å². The number of carbonyl (C=O) groups is 2. The number of anilines is 1. The Labute approximate surface area is 118 Å². The molecule has 1 aliphatic carbocycles. The van der Waals surface area contributed by atoms with E-state index in [9.17, 15) is 9.59 Å². The molecule has 2 rings (SSSR count). The molecule has 2 atom stereocenters. The van der Waals surface area contributed by atoms with Crippen molar-refractivity contribution in [2.75, 3.05) is 19.0 Å². The maximum Gasteiger partial charge on any atom is 0.308 e. The highest BCUT2D eigenvalue weighted by molar-refractivity contribution is 5.95. The lowest BCUT2D eigenvalue weighted by Gasteiger charge is -2.18. The lowest BCUT2D eigenvalue weighted by molar-refractivity contribution is -0.142. The van der Waals surface area contributed by atoms with Crippen LogP contribution in [0.15, 0.2) is 24.3 Å². The SMILES string of the molecule is CN(C)c1cccc(C(=O)NC2CCCC2C(=O)O)c1. The van der Waals surface area contributed by atoms with Crippen molar-refractivity contribution in [2.45, 2.75) is 25.3 Å². The zero-order chi connectivity index (χ0) is 14.7. The van der Waals surface area contributed by atoms with Gasteiger partial charge >= 0.3 is 5.97 Å². The van der Waals surface area contributed by atoms with Gasteiger partial charge in [0.2, 0.25) is 0 Å². The topological polar surface area (TPSA) is 69.6 Å². The Morgan fingerprint density at radius 3 is 2.70 bits per heavy atom. The molecule has 5 heteroatoms. The number of hydrogen-bond acceptors (Lipinski definition) is 3. The maximum atomic E-state index is 12.2. The molecular formula is C15H20N2O3. The molecule has 1 aromatic carbocycles. The van der Waals surface area contributed by atoms with Crippen LogP contribution < -0.4 is 10.2 Å². The van der Waals surface area contributed by atoms with Crippen LogP contribution >= 0.6 is 0 Å². The largest absolute Gasteiger partial charge is 0.481 e.